The lowest BCUT2D eigenvalue weighted by molar-refractivity contribution is 0.0999. The van der Waals surface area contributed by atoms with Gasteiger partial charge in [0.1, 0.15) is 5.75 Å². The second kappa shape index (κ2) is 5.43. The summed E-state index contributed by atoms with van der Waals surface area (Å²) < 4.78 is 7.25. The van der Waals surface area contributed by atoms with Crippen molar-refractivity contribution >= 4 is 15.9 Å². The Balaban J connectivity index is 2.03. The number of rotatable bonds is 2. The first kappa shape index (κ1) is 12.9. The second-order valence-corrected chi connectivity index (χ2v) is 6.33. The van der Waals surface area contributed by atoms with Gasteiger partial charge in [0.2, 0.25) is 0 Å². The molecule has 0 saturated heterocycles. The average Bonchev–Trinajstić information content (AvgIpc) is 2.29. The molecule has 0 radical (unpaired) electrons. The molecule has 2 rings (SSSR count). The SMILES string of the molecule is Cc1ccc(Br)cc1OC1CCC(C)C(C)C1. The molecule has 0 amide bonds. The van der Waals surface area contributed by atoms with Crippen molar-refractivity contribution in [2.75, 3.05) is 0 Å². The van der Waals surface area contributed by atoms with Crippen molar-refractivity contribution in [3.8, 4) is 5.75 Å². The van der Waals surface area contributed by atoms with Gasteiger partial charge in [0.15, 0.2) is 0 Å². The number of halogens is 1. The van der Waals surface area contributed by atoms with E-state index in [0.717, 1.165) is 22.1 Å². The van der Waals surface area contributed by atoms with Crippen molar-refractivity contribution in [3.05, 3.63) is 28.2 Å². The molecule has 1 aromatic carbocycles. The molecule has 3 unspecified atom stereocenters. The van der Waals surface area contributed by atoms with E-state index in [1.807, 2.05) is 0 Å². The molecule has 3 atom stereocenters. The van der Waals surface area contributed by atoms with Gasteiger partial charge in [-0.05, 0) is 55.7 Å². The zero-order valence-electron chi connectivity index (χ0n) is 10.9. The van der Waals surface area contributed by atoms with Crippen LogP contribution in [0.3, 0.4) is 0 Å². The first-order chi connectivity index (χ1) is 8.06. The summed E-state index contributed by atoms with van der Waals surface area (Å²) in [5, 5.41) is 0. The first-order valence-electron chi connectivity index (χ1n) is 6.49. The van der Waals surface area contributed by atoms with E-state index in [9.17, 15) is 0 Å². The van der Waals surface area contributed by atoms with Gasteiger partial charge in [-0.1, -0.05) is 35.8 Å². The maximum atomic E-state index is 6.16. The summed E-state index contributed by atoms with van der Waals surface area (Å²) in [5.74, 6) is 2.66. The monoisotopic (exact) mass is 296 g/mol. The molecule has 0 spiro atoms. The van der Waals surface area contributed by atoms with E-state index in [4.69, 9.17) is 4.74 Å². The van der Waals surface area contributed by atoms with Crippen molar-refractivity contribution in [3.63, 3.8) is 0 Å². The van der Waals surface area contributed by atoms with Crippen LogP contribution in [0.4, 0.5) is 0 Å². The highest BCUT2D eigenvalue weighted by Gasteiger charge is 2.25. The third-order valence-electron chi connectivity index (χ3n) is 3.99. The van der Waals surface area contributed by atoms with Gasteiger partial charge in [-0.15, -0.1) is 0 Å². The highest BCUT2D eigenvalue weighted by Crippen LogP contribution is 2.33. The smallest absolute Gasteiger partial charge is 0.123 e. The minimum absolute atomic E-state index is 0.397. The van der Waals surface area contributed by atoms with Crippen molar-refractivity contribution in [1.29, 1.82) is 0 Å². The van der Waals surface area contributed by atoms with Crippen LogP contribution in [0.15, 0.2) is 22.7 Å². The summed E-state index contributed by atoms with van der Waals surface area (Å²) in [6.45, 7) is 6.80. The standard InChI is InChI=1S/C15H21BrO/c1-10-5-7-14(8-12(10)3)17-15-9-13(16)6-4-11(15)2/h4,6,9-10,12,14H,5,7-8H2,1-3H3. The maximum absolute atomic E-state index is 6.16. The zero-order chi connectivity index (χ0) is 12.4. The van der Waals surface area contributed by atoms with Crippen molar-refractivity contribution in [2.24, 2.45) is 11.8 Å². The van der Waals surface area contributed by atoms with E-state index in [0.29, 0.717) is 6.10 Å². The van der Waals surface area contributed by atoms with E-state index in [1.165, 1.54) is 24.8 Å². The predicted octanol–water partition coefficient (Wildman–Crippen LogP) is 4.96. The Morgan fingerprint density at radius 1 is 1.18 bits per heavy atom. The summed E-state index contributed by atoms with van der Waals surface area (Å²) in [6, 6.07) is 6.25. The normalized spacial score (nSPS) is 29.1. The summed E-state index contributed by atoms with van der Waals surface area (Å²) in [4.78, 5) is 0. The lowest BCUT2D eigenvalue weighted by Gasteiger charge is -2.32. The molecular formula is C15H21BrO. The number of aryl methyl sites for hydroxylation is 1. The molecule has 0 bridgehead atoms. The van der Waals surface area contributed by atoms with Crippen LogP contribution in [0.2, 0.25) is 0 Å². The molecule has 0 aliphatic heterocycles. The minimum Gasteiger partial charge on any atom is -0.490 e. The molecule has 0 heterocycles. The molecule has 1 saturated carbocycles. The van der Waals surface area contributed by atoms with Crippen LogP contribution in [0.25, 0.3) is 0 Å². The Hall–Kier alpha value is -0.500. The van der Waals surface area contributed by atoms with E-state index >= 15 is 0 Å². The molecular weight excluding hydrogens is 276 g/mol. The van der Waals surface area contributed by atoms with Crippen molar-refractivity contribution < 1.29 is 4.74 Å². The van der Waals surface area contributed by atoms with Gasteiger partial charge in [0, 0.05) is 4.47 Å². The topological polar surface area (TPSA) is 9.23 Å². The Labute approximate surface area is 113 Å². The van der Waals surface area contributed by atoms with Gasteiger partial charge < -0.3 is 4.74 Å². The van der Waals surface area contributed by atoms with Gasteiger partial charge in [0.25, 0.3) is 0 Å². The zero-order valence-corrected chi connectivity index (χ0v) is 12.5. The average molecular weight is 297 g/mol. The highest BCUT2D eigenvalue weighted by molar-refractivity contribution is 9.10. The second-order valence-electron chi connectivity index (χ2n) is 5.42. The number of hydrogen-bond donors (Lipinski definition) is 0. The first-order valence-corrected chi connectivity index (χ1v) is 7.28. The molecule has 94 valence electrons. The fourth-order valence-electron chi connectivity index (χ4n) is 2.49. The Morgan fingerprint density at radius 2 is 1.94 bits per heavy atom. The van der Waals surface area contributed by atoms with Gasteiger partial charge in [-0.3, -0.25) is 0 Å². The van der Waals surface area contributed by atoms with Gasteiger partial charge in [-0.25, -0.2) is 0 Å². The highest BCUT2D eigenvalue weighted by atomic mass is 79.9. The molecule has 17 heavy (non-hydrogen) atoms. The fourth-order valence-corrected chi connectivity index (χ4v) is 2.83. The van der Waals surface area contributed by atoms with Crippen LogP contribution in [-0.4, -0.2) is 6.10 Å². The summed E-state index contributed by atoms with van der Waals surface area (Å²) >= 11 is 3.50. The fraction of sp³-hybridized carbons (Fsp3) is 0.600. The van der Waals surface area contributed by atoms with E-state index < -0.39 is 0 Å². The number of hydrogen-bond acceptors (Lipinski definition) is 1. The van der Waals surface area contributed by atoms with E-state index in [2.05, 4.69) is 54.9 Å². The van der Waals surface area contributed by atoms with Crippen LogP contribution >= 0.6 is 15.9 Å². The molecule has 1 fully saturated rings. The van der Waals surface area contributed by atoms with Crippen LogP contribution in [-0.2, 0) is 0 Å². The van der Waals surface area contributed by atoms with Crippen LogP contribution in [0.1, 0.15) is 38.7 Å². The summed E-state index contributed by atoms with van der Waals surface area (Å²) in [5.41, 5.74) is 1.22. The number of ether oxygens (including phenoxy) is 1. The maximum Gasteiger partial charge on any atom is 0.123 e. The van der Waals surface area contributed by atoms with Crippen LogP contribution in [0.5, 0.6) is 5.75 Å². The molecule has 1 aliphatic rings. The lowest BCUT2D eigenvalue weighted by Crippen LogP contribution is -2.28. The minimum atomic E-state index is 0.397. The van der Waals surface area contributed by atoms with E-state index in [1.54, 1.807) is 0 Å². The molecule has 2 heteroatoms. The number of benzene rings is 1. The van der Waals surface area contributed by atoms with Crippen LogP contribution in [0, 0.1) is 18.8 Å². The summed E-state index contributed by atoms with van der Waals surface area (Å²) in [6.07, 6.45) is 4.07. The third kappa shape index (κ3) is 3.25. The Morgan fingerprint density at radius 3 is 2.65 bits per heavy atom. The van der Waals surface area contributed by atoms with Gasteiger partial charge in [-0.2, -0.15) is 0 Å². The van der Waals surface area contributed by atoms with Crippen molar-refractivity contribution in [2.45, 2.75) is 46.1 Å². The molecule has 1 aromatic rings. The lowest BCUT2D eigenvalue weighted by atomic mass is 9.80. The van der Waals surface area contributed by atoms with Crippen molar-refractivity contribution in [1.82, 2.24) is 0 Å². The Bertz CT molecular complexity index is 389. The predicted molar refractivity (Wildman–Crippen MR) is 75.5 cm³/mol. The quantitative estimate of drug-likeness (QED) is 0.749. The van der Waals surface area contributed by atoms with Gasteiger partial charge >= 0.3 is 0 Å². The third-order valence-corrected chi connectivity index (χ3v) is 4.49. The van der Waals surface area contributed by atoms with Crippen LogP contribution < -0.4 is 4.74 Å². The molecule has 1 nitrogen and oxygen atoms in total. The molecule has 1 aliphatic carbocycles. The largest absolute Gasteiger partial charge is 0.490 e. The Kier molecular flexibility index (Phi) is 4.13. The molecule has 0 aromatic heterocycles. The van der Waals surface area contributed by atoms with E-state index in [-0.39, 0.29) is 0 Å². The molecule has 0 N–H and O–H groups in total. The summed E-state index contributed by atoms with van der Waals surface area (Å²) in [7, 11) is 0. The van der Waals surface area contributed by atoms with Gasteiger partial charge in [0.05, 0.1) is 6.10 Å².